The van der Waals surface area contributed by atoms with Crippen LogP contribution in [-0.2, 0) is 28.6 Å². The number of carbonyl (C=O) groups excluding carboxylic acids is 4. The minimum Gasteiger partial charge on any atom is -0.457 e. The van der Waals surface area contributed by atoms with Crippen LogP contribution in [0.4, 0.5) is 4.79 Å². The number of Topliss-reactive ketones (excluding diaryl/α,β-unsaturated/α-hetero) is 2. The van der Waals surface area contributed by atoms with Crippen molar-refractivity contribution in [2.24, 2.45) is 17.8 Å². The first-order valence-electron chi connectivity index (χ1n) is 12.0. The molecule has 1 aromatic rings. The second-order valence-corrected chi connectivity index (χ2v) is 10.0. The predicted octanol–water partition coefficient (Wildman–Crippen LogP) is 4.14. The maximum Gasteiger partial charge on any atom is 0.420 e. The standard InChI is InChI=1S/C26H38N2O7/c1-9-20-26(7,35-24(32)28-11-10-27-15-28)14-18(4)21(29)16(2)12-25(6,33-8)13-17(3)22(30)19(5)23(31)34-20/h10-11,14-17,19-20H,9,12-13H2,1-8H3/b18-14+/t16-,17?,19-,20-,25?,26+/m1/s1. The maximum atomic E-state index is 13.3. The van der Waals surface area contributed by atoms with Crippen LogP contribution in [0, 0.1) is 17.8 Å². The number of ketones is 2. The van der Waals surface area contributed by atoms with Crippen LogP contribution in [0.3, 0.4) is 0 Å². The monoisotopic (exact) mass is 490 g/mol. The third-order valence-corrected chi connectivity index (χ3v) is 6.87. The average Bonchev–Trinajstić information content (AvgIpc) is 3.35. The number of imidazole rings is 1. The molecule has 2 rings (SSSR count). The summed E-state index contributed by atoms with van der Waals surface area (Å²) in [5.74, 6) is -3.05. The van der Waals surface area contributed by atoms with Crippen molar-refractivity contribution in [1.29, 1.82) is 0 Å². The normalized spacial score (nSPS) is 35.0. The summed E-state index contributed by atoms with van der Waals surface area (Å²) in [7, 11) is 1.55. The first kappa shape index (κ1) is 28.4. The Hall–Kier alpha value is -2.81. The fourth-order valence-corrected chi connectivity index (χ4v) is 4.82. The lowest BCUT2D eigenvalue weighted by molar-refractivity contribution is -0.166. The average molecular weight is 491 g/mol. The van der Waals surface area contributed by atoms with E-state index in [1.165, 1.54) is 31.7 Å². The minimum absolute atomic E-state index is 0.149. The van der Waals surface area contributed by atoms with Crippen molar-refractivity contribution < 1.29 is 33.4 Å². The molecule has 0 saturated carbocycles. The van der Waals surface area contributed by atoms with Crippen molar-refractivity contribution in [3.05, 3.63) is 30.4 Å². The number of ether oxygens (including phenoxy) is 3. The van der Waals surface area contributed by atoms with E-state index in [1.807, 2.05) is 13.8 Å². The van der Waals surface area contributed by atoms with E-state index in [2.05, 4.69) is 4.98 Å². The number of allylic oxidation sites excluding steroid dienone is 1. The van der Waals surface area contributed by atoms with Crippen molar-refractivity contribution >= 4 is 23.6 Å². The van der Waals surface area contributed by atoms with Gasteiger partial charge in [0, 0.05) is 31.3 Å². The molecule has 35 heavy (non-hydrogen) atoms. The third-order valence-electron chi connectivity index (χ3n) is 6.87. The second-order valence-electron chi connectivity index (χ2n) is 10.0. The third kappa shape index (κ3) is 6.66. The van der Waals surface area contributed by atoms with Crippen LogP contribution in [-0.4, -0.2) is 57.6 Å². The van der Waals surface area contributed by atoms with Crippen LogP contribution in [0.5, 0.6) is 0 Å². The summed E-state index contributed by atoms with van der Waals surface area (Å²) in [6.07, 6.45) is 5.04. The highest BCUT2D eigenvalue weighted by atomic mass is 16.6. The van der Waals surface area contributed by atoms with Gasteiger partial charge in [0.1, 0.15) is 24.1 Å². The van der Waals surface area contributed by atoms with Crippen molar-refractivity contribution in [1.82, 2.24) is 9.55 Å². The van der Waals surface area contributed by atoms with Crippen LogP contribution in [0.25, 0.3) is 0 Å². The molecule has 1 aliphatic heterocycles. The Balaban J connectivity index is 2.58. The SMILES string of the molecule is CC[C@H]1OC(=O)[C@H](C)C(=O)C(C)CC(C)(OC)C[C@@H](C)C(=O)/C(C)=C/[C@]1(C)OC(=O)n1ccnc1. The van der Waals surface area contributed by atoms with Gasteiger partial charge in [-0.05, 0) is 58.6 Å². The Kier molecular flexibility index (Phi) is 9.17. The number of methoxy groups -OCH3 is 1. The molecule has 0 saturated heterocycles. The molecule has 0 spiro atoms. The molecular formula is C26H38N2O7. The molecule has 1 aromatic heterocycles. The van der Waals surface area contributed by atoms with Gasteiger partial charge < -0.3 is 14.2 Å². The molecule has 2 unspecified atom stereocenters. The largest absolute Gasteiger partial charge is 0.457 e. The van der Waals surface area contributed by atoms with Gasteiger partial charge in [0.05, 0.1) is 5.60 Å². The van der Waals surface area contributed by atoms with Gasteiger partial charge in [0.2, 0.25) is 0 Å². The van der Waals surface area contributed by atoms with Gasteiger partial charge in [-0.1, -0.05) is 20.8 Å². The lowest BCUT2D eigenvalue weighted by atomic mass is 9.79. The molecule has 9 heteroatoms. The van der Waals surface area contributed by atoms with Crippen molar-refractivity contribution in [3.63, 3.8) is 0 Å². The summed E-state index contributed by atoms with van der Waals surface area (Å²) < 4.78 is 18.4. The first-order chi connectivity index (χ1) is 16.3. The molecule has 6 atom stereocenters. The van der Waals surface area contributed by atoms with E-state index in [0.29, 0.717) is 18.4 Å². The Labute approximate surface area is 207 Å². The lowest BCUT2D eigenvalue weighted by Gasteiger charge is -2.36. The summed E-state index contributed by atoms with van der Waals surface area (Å²) in [4.78, 5) is 56.1. The van der Waals surface area contributed by atoms with Crippen LogP contribution in [0.1, 0.15) is 67.7 Å². The summed E-state index contributed by atoms with van der Waals surface area (Å²) >= 11 is 0. The summed E-state index contributed by atoms with van der Waals surface area (Å²) in [5, 5.41) is 0. The zero-order valence-electron chi connectivity index (χ0n) is 22.0. The number of rotatable bonds is 3. The molecule has 2 heterocycles. The first-order valence-corrected chi connectivity index (χ1v) is 12.0. The zero-order chi connectivity index (χ0) is 26.6. The van der Waals surface area contributed by atoms with E-state index in [-0.39, 0.29) is 18.0 Å². The Morgan fingerprint density at radius 3 is 2.34 bits per heavy atom. The molecule has 1 aliphatic rings. The highest BCUT2D eigenvalue weighted by molar-refractivity contribution is 6.00. The molecule has 0 N–H and O–H groups in total. The van der Waals surface area contributed by atoms with E-state index >= 15 is 0 Å². The molecule has 9 nitrogen and oxygen atoms in total. The molecule has 194 valence electrons. The summed E-state index contributed by atoms with van der Waals surface area (Å²) in [6, 6.07) is 0. The van der Waals surface area contributed by atoms with Gasteiger partial charge in [-0.2, -0.15) is 0 Å². The predicted molar refractivity (Wildman–Crippen MR) is 129 cm³/mol. The topological polar surface area (TPSA) is 114 Å². The number of aromatic nitrogens is 2. The van der Waals surface area contributed by atoms with E-state index in [9.17, 15) is 19.2 Å². The van der Waals surface area contributed by atoms with E-state index in [1.54, 1.807) is 34.8 Å². The molecular weight excluding hydrogens is 452 g/mol. The molecule has 0 aliphatic carbocycles. The van der Waals surface area contributed by atoms with E-state index < -0.39 is 47.1 Å². The number of hydrogen-bond donors (Lipinski definition) is 0. The Morgan fingerprint density at radius 2 is 1.80 bits per heavy atom. The number of nitrogens with zero attached hydrogens (tertiary/aromatic N) is 2. The quantitative estimate of drug-likeness (QED) is 0.459. The van der Waals surface area contributed by atoms with Gasteiger partial charge in [-0.15, -0.1) is 0 Å². The Bertz CT molecular complexity index is 970. The lowest BCUT2D eigenvalue weighted by Crippen LogP contribution is -2.47. The van der Waals surface area contributed by atoms with Crippen molar-refractivity contribution in [2.45, 2.75) is 85.0 Å². The van der Waals surface area contributed by atoms with Crippen molar-refractivity contribution in [3.8, 4) is 0 Å². The smallest absolute Gasteiger partial charge is 0.420 e. The van der Waals surface area contributed by atoms with E-state index in [4.69, 9.17) is 14.2 Å². The highest BCUT2D eigenvalue weighted by Crippen LogP contribution is 2.33. The van der Waals surface area contributed by atoms with Crippen LogP contribution < -0.4 is 0 Å². The fourth-order valence-electron chi connectivity index (χ4n) is 4.82. The molecule has 0 bridgehead atoms. The van der Waals surface area contributed by atoms with Crippen LogP contribution >= 0.6 is 0 Å². The minimum atomic E-state index is -1.48. The van der Waals surface area contributed by atoms with Gasteiger partial charge in [0.15, 0.2) is 11.4 Å². The van der Waals surface area contributed by atoms with E-state index in [0.717, 1.165) is 4.57 Å². The number of esters is 1. The van der Waals surface area contributed by atoms with Gasteiger partial charge in [-0.3, -0.25) is 14.4 Å². The second kappa shape index (κ2) is 11.3. The summed E-state index contributed by atoms with van der Waals surface area (Å²) in [6.45, 7) is 12.0. The fraction of sp³-hybridized carbons (Fsp3) is 0.654. The maximum absolute atomic E-state index is 13.3. The van der Waals surface area contributed by atoms with Crippen molar-refractivity contribution in [2.75, 3.05) is 7.11 Å². The molecule has 0 amide bonds. The Morgan fingerprint density at radius 1 is 1.17 bits per heavy atom. The number of hydrogen-bond acceptors (Lipinski definition) is 8. The zero-order valence-corrected chi connectivity index (χ0v) is 22.0. The molecule has 0 fully saturated rings. The highest BCUT2D eigenvalue weighted by Gasteiger charge is 2.43. The molecule has 0 radical (unpaired) electrons. The van der Waals surface area contributed by atoms with Gasteiger partial charge in [0.25, 0.3) is 0 Å². The van der Waals surface area contributed by atoms with Gasteiger partial charge in [-0.25, -0.2) is 14.3 Å². The summed E-state index contributed by atoms with van der Waals surface area (Å²) in [5.41, 5.74) is -1.85. The van der Waals surface area contributed by atoms with Crippen LogP contribution in [0.15, 0.2) is 30.4 Å². The van der Waals surface area contributed by atoms with Gasteiger partial charge >= 0.3 is 12.1 Å². The molecule has 0 aromatic carbocycles. The number of cyclic esters (lactones) is 1. The number of carbonyl (C=O) groups is 4. The van der Waals surface area contributed by atoms with Crippen LogP contribution in [0.2, 0.25) is 0 Å².